The van der Waals surface area contributed by atoms with Crippen LogP contribution < -0.4 is 5.73 Å². The van der Waals surface area contributed by atoms with Crippen molar-refractivity contribution in [2.24, 2.45) is 5.73 Å². The minimum absolute atomic E-state index is 0. The molecule has 0 radical (unpaired) electrons. The summed E-state index contributed by atoms with van der Waals surface area (Å²) in [4.78, 5) is 10.4. The Morgan fingerprint density at radius 1 is 1.62 bits per heavy atom. The van der Waals surface area contributed by atoms with Gasteiger partial charge < -0.3 is 5.73 Å². The van der Waals surface area contributed by atoms with Gasteiger partial charge in [-0.3, -0.25) is 4.79 Å². The van der Waals surface area contributed by atoms with E-state index in [0.717, 1.165) is 12.8 Å². The summed E-state index contributed by atoms with van der Waals surface area (Å²) in [6.45, 7) is 0. The summed E-state index contributed by atoms with van der Waals surface area (Å²) in [6, 6.07) is -0.125. The van der Waals surface area contributed by atoms with Crippen molar-refractivity contribution in [3.63, 3.8) is 0 Å². The molecule has 1 saturated carbocycles. The second-order valence-electron chi connectivity index (χ2n) is 1.97. The van der Waals surface area contributed by atoms with Gasteiger partial charge in [0, 0.05) is 6.42 Å². The molecule has 1 aliphatic carbocycles. The van der Waals surface area contributed by atoms with Crippen molar-refractivity contribution < 1.29 is 4.79 Å². The van der Waals surface area contributed by atoms with Gasteiger partial charge in [-0.25, -0.2) is 0 Å². The summed E-state index contributed by atoms with van der Waals surface area (Å²) in [7, 11) is 0. The summed E-state index contributed by atoms with van der Waals surface area (Å²) in [6.07, 6.45) is 2.61. The molecule has 0 saturated heterocycles. The van der Waals surface area contributed by atoms with Crippen LogP contribution in [-0.4, -0.2) is 11.8 Å². The first kappa shape index (κ1) is 7.92. The van der Waals surface area contributed by atoms with Crippen LogP contribution in [0.25, 0.3) is 0 Å². The van der Waals surface area contributed by atoms with Gasteiger partial charge in [0.25, 0.3) is 0 Å². The van der Waals surface area contributed by atoms with E-state index in [0.29, 0.717) is 6.42 Å². The highest BCUT2D eigenvalue weighted by Gasteiger charge is 2.18. The number of rotatable bonds is 0. The highest BCUT2D eigenvalue weighted by atomic mass is 35.5. The third-order valence-electron chi connectivity index (χ3n) is 1.35. The lowest BCUT2D eigenvalue weighted by atomic mass is 10.3. The fraction of sp³-hybridized carbons (Fsp3) is 0.800. The molecule has 1 unspecified atom stereocenters. The number of carbonyl (C=O) groups is 1. The van der Waals surface area contributed by atoms with Crippen LogP contribution in [0.3, 0.4) is 0 Å². The molecule has 2 N–H and O–H groups in total. The van der Waals surface area contributed by atoms with Crippen LogP contribution >= 0.6 is 12.4 Å². The van der Waals surface area contributed by atoms with Gasteiger partial charge in [-0.05, 0) is 12.8 Å². The zero-order valence-electron chi connectivity index (χ0n) is 4.59. The Morgan fingerprint density at radius 3 is 2.38 bits per heavy atom. The fourth-order valence-corrected chi connectivity index (χ4v) is 0.843. The molecule has 0 heterocycles. The Labute approximate surface area is 54.8 Å². The first-order valence-corrected chi connectivity index (χ1v) is 2.59. The summed E-state index contributed by atoms with van der Waals surface area (Å²) in [5.74, 6) is 0.236. The van der Waals surface area contributed by atoms with Crippen LogP contribution in [0.4, 0.5) is 0 Å². The molecule has 0 amide bonds. The molecule has 0 aromatic heterocycles. The summed E-state index contributed by atoms with van der Waals surface area (Å²) >= 11 is 0. The molecule has 8 heavy (non-hydrogen) atoms. The maximum Gasteiger partial charge on any atom is 0.149 e. The molecule has 0 spiro atoms. The number of ketones is 1. The summed E-state index contributed by atoms with van der Waals surface area (Å²) in [5, 5.41) is 0. The minimum Gasteiger partial charge on any atom is -0.322 e. The van der Waals surface area contributed by atoms with E-state index in [1.807, 2.05) is 0 Å². The van der Waals surface area contributed by atoms with Crippen molar-refractivity contribution >= 4 is 18.2 Å². The van der Waals surface area contributed by atoms with Crippen LogP contribution in [0.2, 0.25) is 0 Å². The van der Waals surface area contributed by atoms with E-state index < -0.39 is 0 Å². The Morgan fingerprint density at radius 2 is 2.25 bits per heavy atom. The van der Waals surface area contributed by atoms with Crippen molar-refractivity contribution in [1.82, 2.24) is 0 Å². The van der Waals surface area contributed by atoms with Gasteiger partial charge in [0.05, 0.1) is 6.04 Å². The average Bonchev–Trinajstić information content (AvgIpc) is 1.91. The molecule has 48 valence electrons. The monoisotopic (exact) mass is 135 g/mol. The lowest BCUT2D eigenvalue weighted by Crippen LogP contribution is -2.23. The van der Waals surface area contributed by atoms with Gasteiger partial charge in [-0.1, -0.05) is 0 Å². The summed E-state index contributed by atoms with van der Waals surface area (Å²) < 4.78 is 0. The SMILES string of the molecule is Cl.NC1CCCC1=O. The zero-order valence-corrected chi connectivity index (χ0v) is 5.41. The molecule has 3 heteroatoms. The van der Waals surface area contributed by atoms with Crippen molar-refractivity contribution in [2.75, 3.05) is 0 Å². The largest absolute Gasteiger partial charge is 0.322 e. The lowest BCUT2D eigenvalue weighted by molar-refractivity contribution is -0.118. The molecule has 0 bridgehead atoms. The third-order valence-corrected chi connectivity index (χ3v) is 1.35. The van der Waals surface area contributed by atoms with Crippen molar-refractivity contribution in [3.05, 3.63) is 0 Å². The van der Waals surface area contributed by atoms with Crippen molar-refractivity contribution in [1.29, 1.82) is 0 Å². The second kappa shape index (κ2) is 3.05. The molecule has 2 nitrogen and oxygen atoms in total. The van der Waals surface area contributed by atoms with Crippen LogP contribution in [0.15, 0.2) is 0 Å². The number of Topliss-reactive ketones (excluding diaryl/α,β-unsaturated/α-hetero) is 1. The first-order chi connectivity index (χ1) is 3.30. The Balaban J connectivity index is 0.000000490. The van der Waals surface area contributed by atoms with E-state index in [1.165, 1.54) is 0 Å². The van der Waals surface area contributed by atoms with Gasteiger partial charge in [0.1, 0.15) is 5.78 Å². The van der Waals surface area contributed by atoms with Crippen molar-refractivity contribution in [3.8, 4) is 0 Å². The number of halogens is 1. The third kappa shape index (κ3) is 1.46. The molecule has 0 aliphatic heterocycles. The molecule has 0 aromatic carbocycles. The van der Waals surface area contributed by atoms with Crippen LogP contribution in [0.5, 0.6) is 0 Å². The zero-order chi connectivity index (χ0) is 5.28. The molecular formula is C5H10ClNO. The van der Waals surface area contributed by atoms with Gasteiger partial charge in [0.15, 0.2) is 0 Å². The van der Waals surface area contributed by atoms with Gasteiger partial charge in [-0.2, -0.15) is 0 Å². The quantitative estimate of drug-likeness (QED) is 0.525. The van der Waals surface area contributed by atoms with Gasteiger partial charge in [-0.15, -0.1) is 12.4 Å². The maximum absolute atomic E-state index is 10.4. The number of hydrogen-bond acceptors (Lipinski definition) is 2. The van der Waals surface area contributed by atoms with Gasteiger partial charge >= 0.3 is 0 Å². The second-order valence-corrected chi connectivity index (χ2v) is 1.97. The highest BCUT2D eigenvalue weighted by molar-refractivity contribution is 5.85. The van der Waals surface area contributed by atoms with Crippen LogP contribution in [0, 0.1) is 0 Å². The predicted octanol–water partition coefficient (Wildman–Crippen LogP) is 0.488. The molecule has 0 aromatic rings. The summed E-state index contributed by atoms with van der Waals surface area (Å²) in [5.41, 5.74) is 5.33. The molecule has 1 fully saturated rings. The highest BCUT2D eigenvalue weighted by Crippen LogP contribution is 2.10. The van der Waals surface area contributed by atoms with Gasteiger partial charge in [0.2, 0.25) is 0 Å². The van der Waals surface area contributed by atoms with Crippen molar-refractivity contribution in [2.45, 2.75) is 25.3 Å². The van der Waals surface area contributed by atoms with E-state index >= 15 is 0 Å². The van der Waals surface area contributed by atoms with E-state index in [-0.39, 0.29) is 24.2 Å². The Kier molecular flexibility index (Phi) is 3.02. The van der Waals surface area contributed by atoms with E-state index in [9.17, 15) is 4.79 Å². The first-order valence-electron chi connectivity index (χ1n) is 2.59. The standard InChI is InChI=1S/C5H9NO.ClH/c6-4-2-1-3-5(4)7;/h4H,1-3,6H2;1H. The van der Waals surface area contributed by atoms with Crippen LogP contribution in [-0.2, 0) is 4.79 Å². The molecular weight excluding hydrogens is 126 g/mol. The number of carbonyl (C=O) groups excluding carboxylic acids is 1. The minimum atomic E-state index is -0.125. The fourth-order valence-electron chi connectivity index (χ4n) is 0.843. The molecule has 1 atom stereocenters. The number of hydrogen-bond donors (Lipinski definition) is 1. The molecule has 1 rings (SSSR count). The van der Waals surface area contributed by atoms with E-state index in [1.54, 1.807) is 0 Å². The Bertz CT molecular complexity index is 94.4. The number of nitrogens with two attached hydrogens (primary N) is 1. The van der Waals surface area contributed by atoms with Crippen LogP contribution in [0.1, 0.15) is 19.3 Å². The Hall–Kier alpha value is -0.0800. The topological polar surface area (TPSA) is 43.1 Å². The lowest BCUT2D eigenvalue weighted by Gasteiger charge is -1.92. The normalized spacial score (nSPS) is 27.6. The predicted molar refractivity (Wildman–Crippen MR) is 34.1 cm³/mol. The maximum atomic E-state index is 10.4. The smallest absolute Gasteiger partial charge is 0.149 e. The van der Waals surface area contributed by atoms with E-state index in [4.69, 9.17) is 5.73 Å². The average molecular weight is 136 g/mol. The van der Waals surface area contributed by atoms with E-state index in [2.05, 4.69) is 0 Å². The molecule has 1 aliphatic rings.